The Kier molecular flexibility index (Phi) is 10.5. The lowest BCUT2D eigenvalue weighted by Crippen LogP contribution is -2.56. The molecule has 4 heterocycles. The van der Waals surface area contributed by atoms with Crippen molar-refractivity contribution in [1.82, 2.24) is 30.5 Å². The van der Waals surface area contributed by atoms with Crippen LogP contribution in [0.25, 0.3) is 23.2 Å². The highest BCUT2D eigenvalue weighted by Crippen LogP contribution is 2.46. The van der Waals surface area contributed by atoms with Crippen LogP contribution in [-0.2, 0) is 14.4 Å². The Hall–Kier alpha value is -5.91. The van der Waals surface area contributed by atoms with Crippen molar-refractivity contribution in [2.75, 3.05) is 6.54 Å². The van der Waals surface area contributed by atoms with Crippen molar-refractivity contribution in [1.29, 1.82) is 0 Å². The lowest BCUT2D eigenvalue weighted by Gasteiger charge is -2.30. The van der Waals surface area contributed by atoms with E-state index < -0.39 is 41.4 Å². The zero-order valence-electron chi connectivity index (χ0n) is 30.4. The van der Waals surface area contributed by atoms with Crippen LogP contribution in [0.2, 0.25) is 0 Å². The molecule has 0 bridgehead atoms. The van der Waals surface area contributed by atoms with Gasteiger partial charge in [0.15, 0.2) is 5.78 Å². The number of carbonyl (C=O) groups is 4. The standard InChI is InChI=1S/C42H44N6O6/c1-26-31(14-10-18-37(26)50)38(51)45-35-17-7-5-3-4-6-13-29-23-42(29,27(2)49)47-39(52)36-22-30(25-48(36)41(35)53)54-40-34(20-19-28-12-11-21-43-24-28)44-32-15-8-9-16-33(32)46-40/h6,8-16,18-21,24,29-30,35-36,50H,3-5,7,17,22-23,25H2,1-2H3,(H,45,51)(H,47,52)/b13-6-,20-19+/t29-,30?,35-,36-,42-/m0/s1. The van der Waals surface area contributed by atoms with Gasteiger partial charge in [-0.1, -0.05) is 55.3 Å². The van der Waals surface area contributed by atoms with E-state index in [1.54, 1.807) is 37.5 Å². The highest BCUT2D eigenvalue weighted by Gasteiger charge is 2.59. The number of aromatic nitrogens is 3. The van der Waals surface area contributed by atoms with Crippen molar-refractivity contribution >= 4 is 46.7 Å². The van der Waals surface area contributed by atoms with Gasteiger partial charge in [-0.25, -0.2) is 9.97 Å². The molecule has 2 aliphatic heterocycles. The van der Waals surface area contributed by atoms with E-state index in [-0.39, 0.29) is 41.9 Å². The van der Waals surface area contributed by atoms with Gasteiger partial charge < -0.3 is 25.4 Å². The number of phenols is 1. The van der Waals surface area contributed by atoms with Crippen LogP contribution in [0.3, 0.4) is 0 Å². The second kappa shape index (κ2) is 15.6. The first-order valence-electron chi connectivity index (χ1n) is 18.5. The number of fused-ring (bicyclic) bond motifs is 3. The van der Waals surface area contributed by atoms with Crippen LogP contribution >= 0.6 is 0 Å². The van der Waals surface area contributed by atoms with Gasteiger partial charge in [0.2, 0.25) is 17.7 Å². The van der Waals surface area contributed by atoms with E-state index >= 15 is 0 Å². The first kappa shape index (κ1) is 36.4. The average Bonchev–Trinajstić information content (AvgIpc) is 3.71. The van der Waals surface area contributed by atoms with Gasteiger partial charge in [-0.2, -0.15) is 0 Å². The van der Waals surface area contributed by atoms with Crippen LogP contribution in [0.15, 0.2) is 79.1 Å². The molecule has 2 aromatic carbocycles. The molecule has 1 saturated carbocycles. The number of Topliss-reactive ketones (excluding diaryl/α,β-unsaturated/α-hetero) is 1. The summed E-state index contributed by atoms with van der Waals surface area (Å²) in [7, 11) is 0. The number of nitrogens with zero attached hydrogens (tertiary/aromatic N) is 4. The largest absolute Gasteiger partial charge is 0.508 e. The Bertz CT molecular complexity index is 2140. The summed E-state index contributed by atoms with van der Waals surface area (Å²) in [5.41, 5.74) is 2.24. The Morgan fingerprint density at radius 1 is 1.02 bits per heavy atom. The first-order valence-corrected chi connectivity index (χ1v) is 18.5. The van der Waals surface area contributed by atoms with Crippen LogP contribution in [-0.4, -0.2) is 78.7 Å². The lowest BCUT2D eigenvalue weighted by atomic mass is 10.0. The fourth-order valence-corrected chi connectivity index (χ4v) is 7.45. The molecule has 0 spiro atoms. The van der Waals surface area contributed by atoms with Crippen LogP contribution in [0, 0.1) is 12.8 Å². The van der Waals surface area contributed by atoms with Gasteiger partial charge in [-0.15, -0.1) is 0 Å². The molecule has 1 aliphatic carbocycles. The molecule has 2 aromatic heterocycles. The molecule has 278 valence electrons. The lowest BCUT2D eigenvalue weighted by molar-refractivity contribution is -0.141. The zero-order valence-corrected chi connectivity index (χ0v) is 30.4. The molecule has 1 saturated heterocycles. The molecule has 5 atom stereocenters. The fourth-order valence-electron chi connectivity index (χ4n) is 7.45. The monoisotopic (exact) mass is 728 g/mol. The number of pyridine rings is 1. The topological polar surface area (TPSA) is 164 Å². The minimum Gasteiger partial charge on any atom is -0.508 e. The zero-order chi connectivity index (χ0) is 37.8. The van der Waals surface area contributed by atoms with E-state index in [0.717, 1.165) is 24.8 Å². The average molecular weight is 729 g/mol. The number of ether oxygens (including phenoxy) is 1. The Morgan fingerprint density at radius 2 is 1.83 bits per heavy atom. The number of rotatable bonds is 7. The van der Waals surface area contributed by atoms with Crippen molar-refractivity contribution in [3.05, 3.63) is 102 Å². The van der Waals surface area contributed by atoms with Crippen molar-refractivity contribution < 1.29 is 29.0 Å². The number of nitrogens with one attached hydrogen (secondary N) is 2. The molecule has 1 unspecified atom stereocenters. The van der Waals surface area contributed by atoms with E-state index in [1.165, 1.54) is 17.9 Å². The number of aromatic hydroxyl groups is 1. The Morgan fingerprint density at radius 3 is 2.61 bits per heavy atom. The molecule has 3 N–H and O–H groups in total. The summed E-state index contributed by atoms with van der Waals surface area (Å²) in [6.45, 7) is 3.16. The first-order chi connectivity index (χ1) is 26.1. The molecule has 4 aromatic rings. The molecule has 3 amide bonds. The number of amides is 3. The summed E-state index contributed by atoms with van der Waals surface area (Å²) >= 11 is 0. The molecule has 2 fully saturated rings. The summed E-state index contributed by atoms with van der Waals surface area (Å²) in [4.78, 5) is 70.8. The number of hydrogen-bond acceptors (Lipinski definition) is 9. The van der Waals surface area contributed by atoms with E-state index in [2.05, 4.69) is 21.7 Å². The Labute approximate surface area is 313 Å². The van der Waals surface area contributed by atoms with E-state index in [9.17, 15) is 24.3 Å². The SMILES string of the molecule is CC(=O)[C@@]12C[C@@H]1/C=C\CCCCC[C@H](NC(=O)c1cccc(O)c1C)C(=O)N1CC(Oc3nc4ccccc4nc3/C=C/c3cccnc3)C[C@H]1C(=O)N2. The predicted molar refractivity (Wildman–Crippen MR) is 203 cm³/mol. The van der Waals surface area contributed by atoms with Gasteiger partial charge in [-0.3, -0.25) is 24.2 Å². The van der Waals surface area contributed by atoms with Crippen molar-refractivity contribution in [3.8, 4) is 11.6 Å². The highest BCUT2D eigenvalue weighted by atomic mass is 16.5. The quantitative estimate of drug-likeness (QED) is 0.213. The maximum atomic E-state index is 14.6. The van der Waals surface area contributed by atoms with Crippen LogP contribution in [0.5, 0.6) is 11.6 Å². The number of benzene rings is 2. The van der Waals surface area contributed by atoms with E-state index in [1.807, 2.05) is 48.6 Å². The number of para-hydroxylation sites is 2. The molecule has 3 aliphatic rings. The van der Waals surface area contributed by atoms with Gasteiger partial charge in [0.05, 0.1) is 17.6 Å². The predicted octanol–water partition coefficient (Wildman–Crippen LogP) is 5.34. The molecule has 12 heteroatoms. The number of ketones is 1. The highest BCUT2D eigenvalue weighted by molar-refractivity contribution is 6.01. The molecule has 0 radical (unpaired) electrons. The van der Waals surface area contributed by atoms with Gasteiger partial charge in [0.1, 0.15) is 35.2 Å². The third-order valence-corrected chi connectivity index (χ3v) is 10.7. The second-order valence-electron chi connectivity index (χ2n) is 14.4. The summed E-state index contributed by atoms with van der Waals surface area (Å²) in [6.07, 6.45) is 14.6. The number of hydrogen-bond donors (Lipinski definition) is 3. The smallest absolute Gasteiger partial charge is 0.252 e. The third kappa shape index (κ3) is 7.73. The van der Waals surface area contributed by atoms with Crippen molar-refractivity contribution in [2.45, 2.75) is 82.5 Å². The molecular weight excluding hydrogens is 684 g/mol. The summed E-state index contributed by atoms with van der Waals surface area (Å²) < 4.78 is 6.56. The Balaban J connectivity index is 1.21. The van der Waals surface area contributed by atoms with Crippen molar-refractivity contribution in [3.63, 3.8) is 0 Å². The summed E-state index contributed by atoms with van der Waals surface area (Å²) in [6, 6.07) is 13.9. The maximum Gasteiger partial charge on any atom is 0.252 e. The minimum atomic E-state index is -1.03. The third-order valence-electron chi connectivity index (χ3n) is 10.7. The molecule has 12 nitrogen and oxygen atoms in total. The number of carbonyl (C=O) groups excluding carboxylic acids is 4. The van der Waals surface area contributed by atoms with Gasteiger partial charge in [0, 0.05) is 35.9 Å². The van der Waals surface area contributed by atoms with Gasteiger partial charge in [0.25, 0.3) is 5.91 Å². The maximum absolute atomic E-state index is 14.6. The molecular formula is C42H44N6O6. The van der Waals surface area contributed by atoms with Crippen LogP contribution < -0.4 is 15.4 Å². The summed E-state index contributed by atoms with van der Waals surface area (Å²) in [5, 5.41) is 16.2. The minimum absolute atomic E-state index is 0.0235. The van der Waals surface area contributed by atoms with E-state index in [4.69, 9.17) is 14.7 Å². The van der Waals surface area contributed by atoms with Crippen molar-refractivity contribution in [2.24, 2.45) is 5.92 Å². The fraction of sp³-hybridized carbons (Fsp3) is 0.357. The summed E-state index contributed by atoms with van der Waals surface area (Å²) in [5.74, 6) is -1.42. The van der Waals surface area contributed by atoms with Crippen LogP contribution in [0.1, 0.15) is 79.0 Å². The second-order valence-corrected chi connectivity index (χ2v) is 14.4. The molecule has 54 heavy (non-hydrogen) atoms. The molecule has 7 rings (SSSR count). The van der Waals surface area contributed by atoms with Crippen LogP contribution in [0.4, 0.5) is 0 Å². The number of allylic oxidation sites excluding steroid dienone is 1. The van der Waals surface area contributed by atoms with Gasteiger partial charge in [-0.05, 0) is 81.5 Å². The number of phenolic OH excluding ortho intramolecular Hbond substituents is 1. The normalized spacial score (nSPS) is 25.2. The van der Waals surface area contributed by atoms with Gasteiger partial charge >= 0.3 is 0 Å². The van der Waals surface area contributed by atoms with E-state index in [0.29, 0.717) is 41.6 Å².